The topological polar surface area (TPSA) is 101 Å². The molecule has 4 N–H and O–H groups in total. The summed E-state index contributed by atoms with van der Waals surface area (Å²) in [5.74, 6) is 0.965. The highest BCUT2D eigenvalue weighted by Crippen LogP contribution is 2.78. The fourth-order valence-corrected chi connectivity index (χ4v) is 11.5. The molecule has 230 valence electrons. The van der Waals surface area contributed by atoms with E-state index in [2.05, 4.69) is 43.9 Å². The van der Waals surface area contributed by atoms with Crippen LogP contribution in [0.4, 0.5) is 0 Å². The van der Waals surface area contributed by atoms with Gasteiger partial charge < -0.3 is 20.4 Å². The van der Waals surface area contributed by atoms with E-state index in [1.807, 2.05) is 0 Å². The van der Waals surface area contributed by atoms with Gasteiger partial charge in [-0.1, -0.05) is 58.3 Å². The Labute approximate surface area is 247 Å². The fourth-order valence-electron chi connectivity index (χ4n) is 11.5. The van der Waals surface area contributed by atoms with Gasteiger partial charge in [-0.15, -0.1) is 0 Å². The van der Waals surface area contributed by atoms with Gasteiger partial charge in [-0.3, -0.25) is 9.69 Å². The number of fused-ring (bicyclic) bond motifs is 1. The van der Waals surface area contributed by atoms with E-state index in [1.165, 1.54) is 6.42 Å². The smallest absolute Gasteiger partial charge is 0.162 e. The highest BCUT2D eigenvalue weighted by Gasteiger charge is 2.74. The molecule has 2 bridgehead atoms. The summed E-state index contributed by atoms with van der Waals surface area (Å²) in [6, 6.07) is 0. The fraction of sp³-hybridized carbons (Fsp3) is 0.857. The molecule has 0 radical (unpaired) electrons. The predicted molar refractivity (Wildman–Crippen MR) is 160 cm³/mol. The van der Waals surface area contributed by atoms with Gasteiger partial charge in [0.15, 0.2) is 5.78 Å². The van der Waals surface area contributed by atoms with Gasteiger partial charge in [0.25, 0.3) is 0 Å². The molecule has 0 aliphatic heterocycles. The van der Waals surface area contributed by atoms with Crippen LogP contribution in [-0.4, -0.2) is 75.2 Å². The summed E-state index contributed by atoms with van der Waals surface area (Å²) in [7, 11) is 0. The number of hydrogen-bond acceptors (Lipinski definition) is 6. The number of carbonyl (C=O) groups is 1. The molecule has 0 amide bonds. The van der Waals surface area contributed by atoms with E-state index in [4.69, 9.17) is 0 Å². The van der Waals surface area contributed by atoms with E-state index in [0.717, 1.165) is 76.3 Å². The molecule has 0 saturated heterocycles. The van der Waals surface area contributed by atoms with Crippen molar-refractivity contribution in [2.75, 3.05) is 26.2 Å². The molecule has 6 heteroatoms. The molecule has 41 heavy (non-hydrogen) atoms. The van der Waals surface area contributed by atoms with Crippen LogP contribution < -0.4 is 0 Å². The molecule has 4 fully saturated rings. The maximum Gasteiger partial charge on any atom is 0.162 e. The van der Waals surface area contributed by atoms with Gasteiger partial charge in [-0.2, -0.15) is 0 Å². The summed E-state index contributed by atoms with van der Waals surface area (Å²) in [5.41, 5.74) is -0.895. The Balaban J connectivity index is 1.42. The van der Waals surface area contributed by atoms with Crippen molar-refractivity contribution in [2.45, 2.75) is 122 Å². The Morgan fingerprint density at radius 3 is 2.39 bits per heavy atom. The molecule has 7 aliphatic rings. The van der Waals surface area contributed by atoms with E-state index in [0.29, 0.717) is 37.6 Å². The second kappa shape index (κ2) is 10.5. The molecule has 2 spiro atoms. The molecule has 6 nitrogen and oxygen atoms in total. The Kier molecular flexibility index (Phi) is 7.71. The van der Waals surface area contributed by atoms with Gasteiger partial charge in [-0.25, -0.2) is 0 Å². The van der Waals surface area contributed by atoms with Crippen molar-refractivity contribution in [1.82, 2.24) is 4.90 Å². The molecular weight excluding hydrogens is 514 g/mol. The zero-order valence-corrected chi connectivity index (χ0v) is 25.8. The second-order valence-electron chi connectivity index (χ2n) is 15.6. The number of ketones is 1. The second-order valence-corrected chi connectivity index (χ2v) is 15.6. The SMILES string of the molecule is CCCN(C[C@H](O)CO)C[C@]1(O)CC[C@H]2[C@]34C=C[C@@]5(C=C3C(=O)C3CCCCC3)CC(O)CC[C@]5(C)[C@H]4CC[C@@]21C. The number of rotatable bonds is 9. The third kappa shape index (κ3) is 4.24. The number of hydrogen-bond donors (Lipinski definition) is 4. The molecule has 7 aliphatic carbocycles. The van der Waals surface area contributed by atoms with Crippen molar-refractivity contribution in [1.29, 1.82) is 0 Å². The minimum atomic E-state index is -0.926. The monoisotopic (exact) mass is 569 g/mol. The van der Waals surface area contributed by atoms with Gasteiger partial charge in [0, 0.05) is 40.8 Å². The van der Waals surface area contributed by atoms with E-state index in [1.54, 1.807) is 0 Å². The number of nitrogens with zero attached hydrogens (tertiary/aromatic N) is 1. The minimum absolute atomic E-state index is 0.00115. The predicted octanol–water partition coefficient (Wildman–Crippen LogP) is 4.79. The summed E-state index contributed by atoms with van der Waals surface area (Å²) in [5, 5.41) is 43.3. The Morgan fingerprint density at radius 1 is 1.00 bits per heavy atom. The van der Waals surface area contributed by atoms with Gasteiger partial charge in [0.1, 0.15) is 0 Å². The lowest BCUT2D eigenvalue weighted by atomic mass is 9.32. The maximum absolute atomic E-state index is 14.6. The van der Waals surface area contributed by atoms with Crippen molar-refractivity contribution in [3.05, 3.63) is 23.8 Å². The van der Waals surface area contributed by atoms with Crippen LogP contribution in [0.1, 0.15) is 104 Å². The first-order valence-corrected chi connectivity index (χ1v) is 16.9. The Morgan fingerprint density at radius 2 is 1.68 bits per heavy atom. The number of aliphatic hydroxyl groups is 4. The third-order valence-electron chi connectivity index (χ3n) is 13.7. The maximum atomic E-state index is 14.6. The number of carbonyl (C=O) groups excluding carboxylic acids is 1. The molecule has 9 atom stereocenters. The zero-order chi connectivity index (χ0) is 29.3. The molecule has 0 heterocycles. The number of Topliss-reactive ketones (excluding diaryl/α,β-unsaturated/α-hetero) is 1. The summed E-state index contributed by atoms with van der Waals surface area (Å²) in [4.78, 5) is 16.8. The number of aliphatic hydroxyl groups excluding tert-OH is 3. The highest BCUT2D eigenvalue weighted by molar-refractivity contribution is 6.00. The van der Waals surface area contributed by atoms with Crippen LogP contribution in [0.2, 0.25) is 0 Å². The van der Waals surface area contributed by atoms with Crippen molar-refractivity contribution in [3.8, 4) is 0 Å². The minimum Gasteiger partial charge on any atom is -0.394 e. The molecule has 0 aromatic carbocycles. The summed E-state index contributed by atoms with van der Waals surface area (Å²) in [6.45, 7) is 8.18. The van der Waals surface area contributed by atoms with Crippen LogP contribution in [0, 0.1) is 39.4 Å². The summed E-state index contributed by atoms with van der Waals surface area (Å²) >= 11 is 0. The van der Waals surface area contributed by atoms with Crippen LogP contribution in [0.25, 0.3) is 0 Å². The van der Waals surface area contributed by atoms with Gasteiger partial charge in [-0.05, 0) is 88.0 Å². The molecule has 7 rings (SSSR count). The lowest BCUT2D eigenvalue weighted by molar-refractivity contribution is -0.180. The van der Waals surface area contributed by atoms with Crippen LogP contribution >= 0.6 is 0 Å². The average Bonchev–Trinajstić information content (AvgIpc) is 3.23. The largest absolute Gasteiger partial charge is 0.394 e. The van der Waals surface area contributed by atoms with Crippen molar-refractivity contribution in [2.24, 2.45) is 39.4 Å². The summed E-state index contributed by atoms with van der Waals surface area (Å²) < 4.78 is 0. The molecule has 1 unspecified atom stereocenters. The van der Waals surface area contributed by atoms with Crippen molar-refractivity contribution < 1.29 is 25.2 Å². The highest BCUT2D eigenvalue weighted by atomic mass is 16.3. The lowest BCUT2D eigenvalue weighted by Gasteiger charge is -2.71. The van der Waals surface area contributed by atoms with E-state index in [-0.39, 0.29) is 46.2 Å². The number of allylic oxidation sites excluding steroid dienone is 4. The Bertz CT molecular complexity index is 1080. The first-order chi connectivity index (χ1) is 19.5. The average molecular weight is 570 g/mol. The van der Waals surface area contributed by atoms with Crippen LogP contribution in [0.5, 0.6) is 0 Å². The van der Waals surface area contributed by atoms with Gasteiger partial charge >= 0.3 is 0 Å². The van der Waals surface area contributed by atoms with E-state index in [9.17, 15) is 25.2 Å². The molecule has 4 saturated carbocycles. The molecule has 0 aromatic heterocycles. The molecular formula is C35H55NO5. The zero-order valence-electron chi connectivity index (χ0n) is 25.8. The quantitative estimate of drug-likeness (QED) is 0.298. The Hall–Kier alpha value is -1.05. The standard InChI is InChI=1S/C35H55NO5/c1-4-18-36(21-26(39)22-37)23-34(41)15-12-29-32(34,3)14-11-28-31(2)13-10-25(38)19-33(31)16-17-35(28,29)27(20-33)30(40)24-8-6-5-7-9-24/h16-17,20,24-26,28-29,37-39,41H,4-15,18-19,21-23H2,1-3H3/t25?,26-,28+,29+,31+,32-,33-,34+,35+/m0/s1. The van der Waals surface area contributed by atoms with Crippen LogP contribution in [0.15, 0.2) is 23.8 Å². The summed E-state index contributed by atoms with van der Waals surface area (Å²) in [6.07, 6.45) is 18.4. The third-order valence-corrected chi connectivity index (χ3v) is 13.7. The van der Waals surface area contributed by atoms with Gasteiger partial charge in [0.05, 0.1) is 24.4 Å². The van der Waals surface area contributed by atoms with Crippen LogP contribution in [-0.2, 0) is 4.79 Å². The van der Waals surface area contributed by atoms with Gasteiger partial charge in [0.2, 0.25) is 0 Å². The lowest BCUT2D eigenvalue weighted by Crippen LogP contribution is -2.67. The van der Waals surface area contributed by atoms with E-state index >= 15 is 0 Å². The van der Waals surface area contributed by atoms with E-state index < -0.39 is 11.7 Å². The molecule has 0 aromatic rings. The van der Waals surface area contributed by atoms with Crippen molar-refractivity contribution in [3.63, 3.8) is 0 Å². The van der Waals surface area contributed by atoms with Crippen LogP contribution in [0.3, 0.4) is 0 Å². The normalized spacial score (nSPS) is 46.1. The first-order valence-electron chi connectivity index (χ1n) is 16.9. The first kappa shape index (κ1) is 30.0. The van der Waals surface area contributed by atoms with Crippen molar-refractivity contribution >= 4 is 5.78 Å².